The first kappa shape index (κ1) is 15.5. The Morgan fingerprint density at radius 1 is 0.952 bits per heavy atom. The first-order chi connectivity index (χ1) is 10.0. The van der Waals surface area contributed by atoms with Crippen molar-refractivity contribution in [3.05, 3.63) is 59.4 Å². The Bertz CT molecular complexity index is 610. The van der Waals surface area contributed by atoms with Gasteiger partial charge < -0.3 is 10.1 Å². The van der Waals surface area contributed by atoms with Gasteiger partial charge >= 0.3 is 0 Å². The summed E-state index contributed by atoms with van der Waals surface area (Å²) in [6, 6.07) is 12.8. The van der Waals surface area contributed by atoms with Crippen LogP contribution in [0.25, 0.3) is 0 Å². The number of benzene rings is 2. The van der Waals surface area contributed by atoms with Gasteiger partial charge in [-0.25, -0.2) is 4.39 Å². The van der Waals surface area contributed by atoms with E-state index in [9.17, 15) is 4.39 Å². The van der Waals surface area contributed by atoms with E-state index in [-0.39, 0.29) is 11.9 Å². The number of hydrogen-bond donors (Lipinski definition) is 1. The molecule has 0 aliphatic heterocycles. The van der Waals surface area contributed by atoms with Crippen LogP contribution < -0.4 is 10.1 Å². The van der Waals surface area contributed by atoms with Gasteiger partial charge in [0.05, 0.1) is 0 Å². The van der Waals surface area contributed by atoms with Crippen molar-refractivity contribution in [1.82, 2.24) is 5.32 Å². The van der Waals surface area contributed by atoms with Crippen LogP contribution in [-0.2, 0) is 0 Å². The van der Waals surface area contributed by atoms with Crippen molar-refractivity contribution in [2.45, 2.75) is 32.7 Å². The second-order valence-corrected chi connectivity index (χ2v) is 5.46. The van der Waals surface area contributed by atoms with E-state index in [2.05, 4.69) is 19.2 Å². The Hall–Kier alpha value is -1.87. The van der Waals surface area contributed by atoms with Gasteiger partial charge in [-0.3, -0.25) is 0 Å². The van der Waals surface area contributed by atoms with Crippen molar-refractivity contribution in [3.8, 4) is 11.5 Å². The van der Waals surface area contributed by atoms with Gasteiger partial charge in [0.15, 0.2) is 11.6 Å². The van der Waals surface area contributed by atoms with Gasteiger partial charge in [0.25, 0.3) is 0 Å². The summed E-state index contributed by atoms with van der Waals surface area (Å²) in [5.41, 5.74) is 1.89. The van der Waals surface area contributed by atoms with Gasteiger partial charge in [-0.15, -0.1) is 0 Å². The molecule has 0 aliphatic carbocycles. The summed E-state index contributed by atoms with van der Waals surface area (Å²) in [5.74, 6) is 0.987. The SMILES string of the molecule is CNC(C)c1cccc(F)c1Oc1ccccc1C(C)C. The zero-order chi connectivity index (χ0) is 15.4. The minimum absolute atomic E-state index is 0.0157. The summed E-state index contributed by atoms with van der Waals surface area (Å²) < 4.78 is 20.2. The molecule has 0 radical (unpaired) electrons. The molecule has 1 N–H and O–H groups in total. The first-order valence-electron chi connectivity index (χ1n) is 7.27. The van der Waals surface area contributed by atoms with E-state index in [1.807, 2.05) is 44.3 Å². The maximum Gasteiger partial charge on any atom is 0.167 e. The van der Waals surface area contributed by atoms with Crippen molar-refractivity contribution in [3.63, 3.8) is 0 Å². The molecule has 0 bridgehead atoms. The molecule has 1 unspecified atom stereocenters. The van der Waals surface area contributed by atoms with Crippen molar-refractivity contribution in [2.24, 2.45) is 0 Å². The van der Waals surface area contributed by atoms with Crippen LogP contribution >= 0.6 is 0 Å². The van der Waals surface area contributed by atoms with Crippen LogP contribution in [0.4, 0.5) is 4.39 Å². The van der Waals surface area contributed by atoms with E-state index >= 15 is 0 Å². The molecule has 0 aromatic heterocycles. The van der Waals surface area contributed by atoms with E-state index in [4.69, 9.17) is 4.74 Å². The van der Waals surface area contributed by atoms with E-state index in [1.165, 1.54) is 6.07 Å². The fourth-order valence-electron chi connectivity index (χ4n) is 2.29. The predicted molar refractivity (Wildman–Crippen MR) is 84.5 cm³/mol. The van der Waals surface area contributed by atoms with Crippen LogP contribution in [0.1, 0.15) is 43.9 Å². The summed E-state index contributed by atoms with van der Waals surface area (Å²) in [5, 5.41) is 3.13. The molecule has 0 spiro atoms. The second-order valence-electron chi connectivity index (χ2n) is 5.46. The molecule has 2 aromatic rings. The lowest BCUT2D eigenvalue weighted by molar-refractivity contribution is 0.422. The number of ether oxygens (including phenoxy) is 1. The summed E-state index contributed by atoms with van der Waals surface area (Å²) in [6.07, 6.45) is 0. The highest BCUT2D eigenvalue weighted by molar-refractivity contribution is 5.44. The first-order valence-corrected chi connectivity index (χ1v) is 7.27. The average Bonchev–Trinajstić information content (AvgIpc) is 2.48. The zero-order valence-corrected chi connectivity index (χ0v) is 13.0. The van der Waals surface area contributed by atoms with E-state index in [0.29, 0.717) is 17.4 Å². The lowest BCUT2D eigenvalue weighted by atomic mass is 10.0. The Labute approximate surface area is 126 Å². The molecule has 1 atom stereocenters. The van der Waals surface area contributed by atoms with Crippen LogP contribution in [0.2, 0.25) is 0 Å². The molecule has 112 valence electrons. The Kier molecular flexibility index (Phi) is 4.97. The van der Waals surface area contributed by atoms with Gasteiger partial charge in [-0.05, 0) is 37.6 Å². The molecule has 3 heteroatoms. The van der Waals surface area contributed by atoms with Crippen molar-refractivity contribution in [2.75, 3.05) is 7.05 Å². The number of para-hydroxylation sites is 2. The largest absolute Gasteiger partial charge is 0.454 e. The normalized spacial score (nSPS) is 12.5. The molecule has 0 heterocycles. The van der Waals surface area contributed by atoms with Crippen molar-refractivity contribution >= 4 is 0 Å². The minimum atomic E-state index is -0.340. The fourth-order valence-corrected chi connectivity index (χ4v) is 2.29. The van der Waals surface area contributed by atoms with E-state index in [0.717, 1.165) is 11.1 Å². The Morgan fingerprint density at radius 3 is 2.29 bits per heavy atom. The molecule has 2 nitrogen and oxygen atoms in total. The van der Waals surface area contributed by atoms with Gasteiger partial charge in [-0.1, -0.05) is 44.2 Å². The maximum atomic E-state index is 14.2. The molecular formula is C18H22FNO. The molecule has 0 aliphatic rings. The highest BCUT2D eigenvalue weighted by Gasteiger charge is 2.17. The highest BCUT2D eigenvalue weighted by Crippen LogP contribution is 2.35. The molecule has 0 amide bonds. The maximum absolute atomic E-state index is 14.2. The number of rotatable bonds is 5. The minimum Gasteiger partial charge on any atom is -0.454 e. The van der Waals surface area contributed by atoms with Gasteiger partial charge in [-0.2, -0.15) is 0 Å². The third kappa shape index (κ3) is 3.42. The summed E-state index contributed by atoms with van der Waals surface area (Å²) in [4.78, 5) is 0. The molecule has 0 fully saturated rings. The molecule has 21 heavy (non-hydrogen) atoms. The number of nitrogens with one attached hydrogen (secondary N) is 1. The summed E-state index contributed by atoms with van der Waals surface area (Å²) in [6.45, 7) is 6.18. The summed E-state index contributed by atoms with van der Waals surface area (Å²) >= 11 is 0. The molecule has 2 aromatic carbocycles. The number of halogens is 1. The predicted octanol–water partition coefficient (Wildman–Crippen LogP) is 5.02. The number of hydrogen-bond acceptors (Lipinski definition) is 2. The Balaban J connectivity index is 2.45. The lowest BCUT2D eigenvalue weighted by Gasteiger charge is -2.19. The topological polar surface area (TPSA) is 21.3 Å². The fraction of sp³-hybridized carbons (Fsp3) is 0.333. The van der Waals surface area contributed by atoms with Crippen LogP contribution in [0.3, 0.4) is 0 Å². The van der Waals surface area contributed by atoms with Crippen LogP contribution in [0.15, 0.2) is 42.5 Å². The van der Waals surface area contributed by atoms with Crippen molar-refractivity contribution < 1.29 is 9.13 Å². The van der Waals surface area contributed by atoms with E-state index in [1.54, 1.807) is 6.07 Å². The van der Waals surface area contributed by atoms with Crippen LogP contribution in [-0.4, -0.2) is 7.05 Å². The molecular weight excluding hydrogens is 265 g/mol. The molecule has 0 saturated carbocycles. The summed E-state index contributed by atoms with van der Waals surface area (Å²) in [7, 11) is 1.85. The van der Waals surface area contributed by atoms with Gasteiger partial charge in [0.2, 0.25) is 0 Å². The highest BCUT2D eigenvalue weighted by atomic mass is 19.1. The van der Waals surface area contributed by atoms with Crippen LogP contribution in [0.5, 0.6) is 11.5 Å². The second kappa shape index (κ2) is 6.72. The monoisotopic (exact) mass is 287 g/mol. The Morgan fingerprint density at radius 2 is 1.62 bits per heavy atom. The lowest BCUT2D eigenvalue weighted by Crippen LogP contribution is -2.13. The third-order valence-corrected chi connectivity index (χ3v) is 3.65. The van der Waals surface area contributed by atoms with Gasteiger partial charge in [0.1, 0.15) is 5.75 Å². The average molecular weight is 287 g/mol. The van der Waals surface area contributed by atoms with Gasteiger partial charge in [0, 0.05) is 11.6 Å². The standard InChI is InChI=1S/C18H22FNO/c1-12(2)14-8-5-6-11-17(14)21-18-15(13(3)20-4)9-7-10-16(18)19/h5-13,20H,1-4H3. The van der Waals surface area contributed by atoms with E-state index < -0.39 is 0 Å². The van der Waals surface area contributed by atoms with Crippen molar-refractivity contribution in [1.29, 1.82) is 0 Å². The third-order valence-electron chi connectivity index (χ3n) is 3.65. The van der Waals surface area contributed by atoms with Crippen LogP contribution in [0, 0.1) is 5.82 Å². The molecule has 2 rings (SSSR count). The smallest absolute Gasteiger partial charge is 0.167 e. The molecule has 0 saturated heterocycles. The quantitative estimate of drug-likeness (QED) is 0.833. The zero-order valence-electron chi connectivity index (χ0n) is 13.0.